The van der Waals surface area contributed by atoms with Crippen LogP contribution in [-0.2, 0) is 10.3 Å². The number of hydrogen-bond acceptors (Lipinski definition) is 3. The van der Waals surface area contributed by atoms with Crippen LogP contribution < -0.4 is 11.3 Å². The average Bonchev–Trinajstić information content (AvgIpc) is 2.04. The number of aromatic nitrogens is 1. The summed E-state index contributed by atoms with van der Waals surface area (Å²) in [5.74, 6) is -1.23. The Bertz CT molecular complexity index is 381. The monoisotopic (exact) mass is 182 g/mol. The SMILES string of the molecule is C[C@](N)(C(=O)O)c1ccc[nH]c1=O. The Hall–Kier alpha value is -1.62. The van der Waals surface area contributed by atoms with Gasteiger partial charge in [-0.05, 0) is 19.1 Å². The molecular formula is C8H10N2O3. The highest BCUT2D eigenvalue weighted by Crippen LogP contribution is 2.12. The Morgan fingerprint density at radius 3 is 2.77 bits per heavy atom. The van der Waals surface area contributed by atoms with Gasteiger partial charge in [0.25, 0.3) is 5.56 Å². The quantitative estimate of drug-likeness (QED) is 0.581. The van der Waals surface area contributed by atoms with Crippen molar-refractivity contribution in [3.05, 3.63) is 34.2 Å². The summed E-state index contributed by atoms with van der Waals surface area (Å²) in [6, 6.07) is 2.93. The Kier molecular flexibility index (Phi) is 2.20. The third-order valence-electron chi connectivity index (χ3n) is 1.82. The number of aromatic amines is 1. The predicted molar refractivity (Wildman–Crippen MR) is 46.2 cm³/mol. The van der Waals surface area contributed by atoms with Gasteiger partial charge in [0.1, 0.15) is 5.54 Å². The highest BCUT2D eigenvalue weighted by Gasteiger charge is 2.32. The zero-order chi connectivity index (χ0) is 10.1. The van der Waals surface area contributed by atoms with E-state index < -0.39 is 17.1 Å². The van der Waals surface area contributed by atoms with Crippen molar-refractivity contribution in [2.24, 2.45) is 5.73 Å². The molecule has 0 amide bonds. The molecule has 0 aromatic carbocycles. The minimum Gasteiger partial charge on any atom is -0.480 e. The number of aliphatic carboxylic acids is 1. The molecule has 0 aliphatic heterocycles. The molecule has 0 aliphatic rings. The molecule has 1 atom stereocenters. The normalized spacial score (nSPS) is 14.9. The van der Waals surface area contributed by atoms with Crippen molar-refractivity contribution < 1.29 is 9.90 Å². The fourth-order valence-electron chi connectivity index (χ4n) is 0.946. The average molecular weight is 182 g/mol. The molecule has 0 saturated heterocycles. The number of carboxylic acid groups (broad SMARTS) is 1. The molecule has 1 rings (SSSR count). The lowest BCUT2D eigenvalue weighted by atomic mass is 9.95. The zero-order valence-corrected chi connectivity index (χ0v) is 7.07. The number of pyridine rings is 1. The van der Waals surface area contributed by atoms with Gasteiger partial charge in [-0.1, -0.05) is 0 Å². The fraction of sp³-hybridized carbons (Fsp3) is 0.250. The summed E-state index contributed by atoms with van der Waals surface area (Å²) >= 11 is 0. The summed E-state index contributed by atoms with van der Waals surface area (Å²) in [4.78, 5) is 24.2. The van der Waals surface area contributed by atoms with Crippen LogP contribution in [0.3, 0.4) is 0 Å². The zero-order valence-electron chi connectivity index (χ0n) is 7.07. The van der Waals surface area contributed by atoms with E-state index in [0.717, 1.165) is 0 Å². The number of nitrogens with one attached hydrogen (secondary N) is 1. The van der Waals surface area contributed by atoms with E-state index in [9.17, 15) is 9.59 Å². The van der Waals surface area contributed by atoms with Crippen LogP contribution in [0.25, 0.3) is 0 Å². The van der Waals surface area contributed by atoms with Gasteiger partial charge in [0.2, 0.25) is 0 Å². The van der Waals surface area contributed by atoms with Crippen molar-refractivity contribution >= 4 is 5.97 Å². The molecule has 0 bridgehead atoms. The van der Waals surface area contributed by atoms with Crippen LogP contribution in [0, 0.1) is 0 Å². The van der Waals surface area contributed by atoms with Crippen LogP contribution in [-0.4, -0.2) is 16.1 Å². The molecule has 0 unspecified atom stereocenters. The Labute approximate surface area is 74.2 Å². The maximum absolute atomic E-state index is 11.2. The largest absolute Gasteiger partial charge is 0.480 e. The number of carbonyl (C=O) groups is 1. The second-order valence-electron chi connectivity index (χ2n) is 2.92. The van der Waals surface area contributed by atoms with E-state index in [1.54, 1.807) is 0 Å². The molecule has 70 valence electrons. The third-order valence-corrected chi connectivity index (χ3v) is 1.82. The van der Waals surface area contributed by atoms with Crippen LogP contribution in [0.1, 0.15) is 12.5 Å². The lowest BCUT2D eigenvalue weighted by Crippen LogP contribution is -2.45. The first-order valence-electron chi connectivity index (χ1n) is 3.66. The lowest BCUT2D eigenvalue weighted by molar-refractivity contribution is -0.143. The molecule has 1 aromatic rings. The minimum atomic E-state index is -1.64. The summed E-state index contributed by atoms with van der Waals surface area (Å²) in [7, 11) is 0. The van der Waals surface area contributed by atoms with E-state index in [1.165, 1.54) is 25.3 Å². The molecule has 0 spiro atoms. The third kappa shape index (κ3) is 1.59. The molecule has 5 heteroatoms. The maximum Gasteiger partial charge on any atom is 0.328 e. The van der Waals surface area contributed by atoms with Crippen molar-refractivity contribution in [3.8, 4) is 0 Å². The summed E-state index contributed by atoms with van der Waals surface area (Å²) in [5, 5.41) is 8.74. The molecule has 0 radical (unpaired) electrons. The van der Waals surface area contributed by atoms with Gasteiger partial charge in [-0.2, -0.15) is 0 Å². The van der Waals surface area contributed by atoms with Gasteiger partial charge in [0, 0.05) is 11.8 Å². The van der Waals surface area contributed by atoms with Crippen molar-refractivity contribution in [2.75, 3.05) is 0 Å². The maximum atomic E-state index is 11.2. The molecule has 0 fully saturated rings. The van der Waals surface area contributed by atoms with Crippen LogP contribution in [0.15, 0.2) is 23.1 Å². The summed E-state index contributed by atoms with van der Waals surface area (Å²) in [5.41, 5.74) is 3.39. The van der Waals surface area contributed by atoms with Gasteiger partial charge in [0.15, 0.2) is 0 Å². The van der Waals surface area contributed by atoms with Crippen LogP contribution in [0.4, 0.5) is 0 Å². The molecule has 13 heavy (non-hydrogen) atoms. The smallest absolute Gasteiger partial charge is 0.328 e. The topological polar surface area (TPSA) is 96.2 Å². The number of H-pyrrole nitrogens is 1. The fourth-order valence-corrected chi connectivity index (χ4v) is 0.946. The first-order chi connectivity index (χ1) is 5.96. The summed E-state index contributed by atoms with van der Waals surface area (Å²) in [6.07, 6.45) is 1.42. The van der Waals surface area contributed by atoms with Crippen molar-refractivity contribution in [2.45, 2.75) is 12.5 Å². The number of hydrogen-bond donors (Lipinski definition) is 3. The van der Waals surface area contributed by atoms with Gasteiger partial charge in [0.05, 0.1) is 0 Å². The van der Waals surface area contributed by atoms with Gasteiger partial charge < -0.3 is 15.8 Å². The Morgan fingerprint density at radius 2 is 2.31 bits per heavy atom. The van der Waals surface area contributed by atoms with E-state index in [2.05, 4.69) is 4.98 Å². The first-order valence-corrected chi connectivity index (χ1v) is 3.66. The van der Waals surface area contributed by atoms with Gasteiger partial charge in [-0.25, -0.2) is 4.79 Å². The molecule has 4 N–H and O–H groups in total. The molecular weight excluding hydrogens is 172 g/mol. The van der Waals surface area contributed by atoms with Gasteiger partial charge in [-0.3, -0.25) is 4.79 Å². The standard InChI is InChI=1S/C8H10N2O3/c1-8(9,7(12)13)5-3-2-4-10-6(5)11/h2-4H,9H2,1H3,(H,10,11)(H,12,13)/t8-/m1/s1. The molecule has 0 aliphatic carbocycles. The van der Waals surface area contributed by atoms with E-state index in [0.29, 0.717) is 0 Å². The molecule has 5 nitrogen and oxygen atoms in total. The van der Waals surface area contributed by atoms with E-state index in [1.807, 2.05) is 0 Å². The number of carboxylic acids is 1. The lowest BCUT2D eigenvalue weighted by Gasteiger charge is -2.17. The number of nitrogens with two attached hydrogens (primary N) is 1. The summed E-state index contributed by atoms with van der Waals surface area (Å²) in [6.45, 7) is 1.28. The summed E-state index contributed by atoms with van der Waals surface area (Å²) < 4.78 is 0. The van der Waals surface area contributed by atoms with Crippen LogP contribution >= 0.6 is 0 Å². The van der Waals surface area contributed by atoms with Crippen molar-refractivity contribution in [1.82, 2.24) is 4.98 Å². The minimum absolute atomic E-state index is 0.0440. The Balaban J connectivity index is 3.30. The van der Waals surface area contributed by atoms with E-state index in [-0.39, 0.29) is 5.56 Å². The molecule has 1 aromatic heterocycles. The molecule has 1 heterocycles. The van der Waals surface area contributed by atoms with E-state index in [4.69, 9.17) is 10.8 Å². The second kappa shape index (κ2) is 3.02. The van der Waals surface area contributed by atoms with Crippen molar-refractivity contribution in [3.63, 3.8) is 0 Å². The number of rotatable bonds is 2. The predicted octanol–water partition coefficient (Wildman–Crippen LogP) is -0.367. The van der Waals surface area contributed by atoms with Gasteiger partial charge >= 0.3 is 5.97 Å². The van der Waals surface area contributed by atoms with Crippen molar-refractivity contribution in [1.29, 1.82) is 0 Å². The highest BCUT2D eigenvalue weighted by atomic mass is 16.4. The van der Waals surface area contributed by atoms with Crippen LogP contribution in [0.5, 0.6) is 0 Å². The molecule has 0 saturated carbocycles. The van der Waals surface area contributed by atoms with E-state index >= 15 is 0 Å². The second-order valence-corrected chi connectivity index (χ2v) is 2.92. The first kappa shape index (κ1) is 9.47. The van der Waals surface area contributed by atoms with Gasteiger partial charge in [-0.15, -0.1) is 0 Å². The Morgan fingerprint density at radius 1 is 1.69 bits per heavy atom. The highest BCUT2D eigenvalue weighted by molar-refractivity contribution is 5.79. The van der Waals surface area contributed by atoms with Crippen LogP contribution in [0.2, 0.25) is 0 Å².